The average Bonchev–Trinajstić information content (AvgIpc) is 3.00. The van der Waals surface area contributed by atoms with Gasteiger partial charge in [-0.15, -0.1) is 0 Å². The molecule has 0 aliphatic carbocycles. The van der Waals surface area contributed by atoms with Crippen LogP contribution in [0.3, 0.4) is 0 Å². The van der Waals surface area contributed by atoms with E-state index in [1.54, 1.807) is 46.6 Å². The van der Waals surface area contributed by atoms with E-state index in [9.17, 15) is 9.59 Å². The molecule has 1 fully saturated rings. The third-order valence-corrected chi connectivity index (χ3v) is 7.26. The first-order chi connectivity index (χ1) is 19.4. The first kappa shape index (κ1) is 28.7. The Bertz CT molecular complexity index is 1350. The third-order valence-electron chi connectivity index (χ3n) is 7.26. The molecule has 1 aromatic heterocycles. The van der Waals surface area contributed by atoms with Gasteiger partial charge >= 0.3 is 0 Å². The number of nitrogens with zero attached hydrogens (tertiary/aromatic N) is 2. The second-order valence-corrected chi connectivity index (χ2v) is 9.72. The van der Waals surface area contributed by atoms with Crippen LogP contribution in [0.4, 0.5) is 0 Å². The lowest BCUT2D eigenvalue weighted by Gasteiger charge is -2.32. The van der Waals surface area contributed by atoms with Gasteiger partial charge in [-0.05, 0) is 74.2 Å². The van der Waals surface area contributed by atoms with Crippen LogP contribution in [0.5, 0.6) is 23.0 Å². The van der Waals surface area contributed by atoms with Gasteiger partial charge in [-0.1, -0.05) is 6.07 Å². The number of nitrogens with one attached hydrogen (secondary N) is 1. The molecule has 1 aliphatic heterocycles. The predicted molar refractivity (Wildman–Crippen MR) is 152 cm³/mol. The molecule has 0 radical (unpaired) electrons. The molecule has 9 nitrogen and oxygen atoms in total. The second kappa shape index (κ2) is 13.2. The SMILES string of the molecule is COc1ccc(CCNC(=O)c2ccc(C)nc2C2CCN(C(=O)c3ccc(OC)c(OC)c3)CC2)cc1OC. The van der Waals surface area contributed by atoms with Gasteiger partial charge in [0, 0.05) is 36.8 Å². The Morgan fingerprint density at radius 3 is 2.12 bits per heavy atom. The molecule has 40 heavy (non-hydrogen) atoms. The van der Waals surface area contributed by atoms with E-state index in [1.807, 2.05) is 42.2 Å². The van der Waals surface area contributed by atoms with Gasteiger partial charge in [0.25, 0.3) is 11.8 Å². The van der Waals surface area contributed by atoms with E-state index in [0.717, 1.165) is 29.8 Å². The van der Waals surface area contributed by atoms with E-state index in [4.69, 9.17) is 23.9 Å². The second-order valence-electron chi connectivity index (χ2n) is 9.72. The van der Waals surface area contributed by atoms with Crippen LogP contribution in [-0.4, -0.2) is 69.8 Å². The molecule has 1 aliphatic rings. The summed E-state index contributed by atoms with van der Waals surface area (Å²) in [6.07, 6.45) is 2.10. The molecular weight excluding hydrogens is 510 g/mol. The molecular formula is C31H37N3O6. The van der Waals surface area contributed by atoms with E-state index < -0.39 is 0 Å². The van der Waals surface area contributed by atoms with E-state index in [0.29, 0.717) is 60.2 Å². The van der Waals surface area contributed by atoms with Crippen molar-refractivity contribution in [3.05, 3.63) is 76.6 Å². The van der Waals surface area contributed by atoms with Crippen LogP contribution in [0.15, 0.2) is 48.5 Å². The van der Waals surface area contributed by atoms with Crippen LogP contribution >= 0.6 is 0 Å². The highest BCUT2D eigenvalue weighted by molar-refractivity contribution is 5.96. The Kier molecular flexibility index (Phi) is 9.47. The smallest absolute Gasteiger partial charge is 0.253 e. The van der Waals surface area contributed by atoms with Crippen LogP contribution in [0.1, 0.15) is 56.4 Å². The molecule has 0 atom stereocenters. The summed E-state index contributed by atoms with van der Waals surface area (Å²) in [5, 5.41) is 3.04. The van der Waals surface area contributed by atoms with Gasteiger partial charge in [0.15, 0.2) is 23.0 Å². The summed E-state index contributed by atoms with van der Waals surface area (Å²) in [6.45, 7) is 3.56. The van der Waals surface area contributed by atoms with E-state index in [-0.39, 0.29) is 17.7 Å². The molecule has 0 unspecified atom stereocenters. The maximum Gasteiger partial charge on any atom is 0.253 e. The van der Waals surface area contributed by atoms with Gasteiger partial charge in [0.1, 0.15) is 0 Å². The first-order valence-electron chi connectivity index (χ1n) is 13.4. The molecule has 1 saturated heterocycles. The fourth-order valence-electron chi connectivity index (χ4n) is 5.04. The van der Waals surface area contributed by atoms with Crippen LogP contribution in [0.25, 0.3) is 0 Å². The topological polar surface area (TPSA) is 99.2 Å². The summed E-state index contributed by atoms with van der Waals surface area (Å²) in [5.74, 6) is 2.32. The van der Waals surface area contributed by atoms with Crippen molar-refractivity contribution in [3.63, 3.8) is 0 Å². The fourth-order valence-corrected chi connectivity index (χ4v) is 5.04. The minimum absolute atomic E-state index is 0.0512. The van der Waals surface area contributed by atoms with Crippen molar-refractivity contribution in [2.24, 2.45) is 0 Å². The maximum absolute atomic E-state index is 13.2. The van der Waals surface area contributed by atoms with Gasteiger partial charge in [0.05, 0.1) is 39.7 Å². The quantitative estimate of drug-likeness (QED) is 0.401. The summed E-state index contributed by atoms with van der Waals surface area (Å²) in [4.78, 5) is 33.0. The molecule has 0 bridgehead atoms. The zero-order valence-corrected chi connectivity index (χ0v) is 23.8. The molecule has 3 aromatic rings. The van der Waals surface area contributed by atoms with Crippen LogP contribution < -0.4 is 24.3 Å². The van der Waals surface area contributed by atoms with Crippen LogP contribution in [0.2, 0.25) is 0 Å². The number of rotatable bonds is 10. The van der Waals surface area contributed by atoms with Gasteiger partial charge in [0.2, 0.25) is 0 Å². The normalized spacial score (nSPS) is 13.5. The van der Waals surface area contributed by atoms with E-state index in [1.165, 1.54) is 0 Å². The number of aryl methyl sites for hydroxylation is 1. The summed E-state index contributed by atoms with van der Waals surface area (Å²) in [5.41, 5.74) is 3.83. The summed E-state index contributed by atoms with van der Waals surface area (Å²) in [6, 6.07) is 14.7. The summed E-state index contributed by atoms with van der Waals surface area (Å²) < 4.78 is 21.3. The van der Waals surface area contributed by atoms with Crippen molar-refractivity contribution in [1.82, 2.24) is 15.2 Å². The van der Waals surface area contributed by atoms with Crippen LogP contribution in [-0.2, 0) is 6.42 Å². The lowest BCUT2D eigenvalue weighted by atomic mass is 9.89. The zero-order chi connectivity index (χ0) is 28.6. The molecule has 0 spiro atoms. The minimum atomic E-state index is -0.146. The van der Waals surface area contributed by atoms with Gasteiger partial charge in [-0.2, -0.15) is 0 Å². The van der Waals surface area contributed by atoms with Gasteiger partial charge < -0.3 is 29.2 Å². The number of aromatic nitrogens is 1. The number of pyridine rings is 1. The van der Waals surface area contributed by atoms with Crippen molar-refractivity contribution >= 4 is 11.8 Å². The summed E-state index contributed by atoms with van der Waals surface area (Å²) in [7, 11) is 6.32. The van der Waals surface area contributed by atoms with Crippen molar-refractivity contribution in [2.75, 3.05) is 48.1 Å². The van der Waals surface area contributed by atoms with Crippen molar-refractivity contribution in [1.29, 1.82) is 0 Å². The van der Waals surface area contributed by atoms with E-state index in [2.05, 4.69) is 5.32 Å². The predicted octanol–water partition coefficient (Wildman–Crippen LogP) is 4.42. The van der Waals surface area contributed by atoms with Crippen molar-refractivity contribution in [3.8, 4) is 23.0 Å². The number of ether oxygens (including phenoxy) is 4. The number of amides is 2. The molecule has 1 N–H and O–H groups in total. The molecule has 0 saturated carbocycles. The highest BCUT2D eigenvalue weighted by atomic mass is 16.5. The highest BCUT2D eigenvalue weighted by Gasteiger charge is 2.28. The lowest BCUT2D eigenvalue weighted by Crippen LogP contribution is -2.38. The number of likely N-dealkylation sites (tertiary alicyclic amines) is 1. The number of methoxy groups -OCH3 is 4. The molecule has 9 heteroatoms. The Morgan fingerprint density at radius 2 is 1.48 bits per heavy atom. The first-order valence-corrected chi connectivity index (χ1v) is 13.4. The molecule has 212 valence electrons. The monoisotopic (exact) mass is 547 g/mol. The fraction of sp³-hybridized carbons (Fsp3) is 0.387. The number of carbonyl (C=O) groups is 2. The Morgan fingerprint density at radius 1 is 0.850 bits per heavy atom. The number of benzene rings is 2. The Balaban J connectivity index is 1.39. The number of hydrogen-bond acceptors (Lipinski definition) is 7. The van der Waals surface area contributed by atoms with Crippen molar-refractivity contribution < 1.29 is 28.5 Å². The number of carbonyl (C=O) groups excluding carboxylic acids is 2. The van der Waals surface area contributed by atoms with Crippen molar-refractivity contribution in [2.45, 2.75) is 32.1 Å². The number of hydrogen-bond donors (Lipinski definition) is 1. The lowest BCUT2D eigenvalue weighted by molar-refractivity contribution is 0.0710. The van der Waals surface area contributed by atoms with E-state index >= 15 is 0 Å². The maximum atomic E-state index is 13.2. The number of piperidine rings is 1. The summed E-state index contributed by atoms with van der Waals surface area (Å²) >= 11 is 0. The molecule has 2 heterocycles. The molecule has 2 aromatic carbocycles. The van der Waals surface area contributed by atoms with Crippen LogP contribution in [0, 0.1) is 6.92 Å². The standard InChI is InChI=1S/C31H37N3O6/c1-20-6-9-24(30(35)32-15-12-21-7-10-25(37-2)27(18-21)39-4)29(33-20)22-13-16-34(17-14-22)31(36)23-8-11-26(38-3)28(19-23)40-5/h6-11,18-19,22H,12-17H2,1-5H3,(H,32,35). The van der Waals surface area contributed by atoms with Gasteiger partial charge in [-0.25, -0.2) is 0 Å². The highest BCUT2D eigenvalue weighted by Crippen LogP contribution is 2.32. The molecule has 4 rings (SSSR count). The Labute approximate surface area is 235 Å². The third kappa shape index (κ3) is 6.47. The minimum Gasteiger partial charge on any atom is -0.493 e. The Hall–Kier alpha value is -4.27. The largest absolute Gasteiger partial charge is 0.493 e. The average molecular weight is 548 g/mol. The van der Waals surface area contributed by atoms with Gasteiger partial charge in [-0.3, -0.25) is 14.6 Å². The molecule has 2 amide bonds. The zero-order valence-electron chi connectivity index (χ0n) is 23.8.